The summed E-state index contributed by atoms with van der Waals surface area (Å²) >= 11 is 1.28. The number of H-pyrrole nitrogens is 1. The van der Waals surface area contributed by atoms with E-state index in [1.54, 1.807) is 18.5 Å². The highest BCUT2D eigenvalue weighted by atomic mass is 32.2. The number of nitrogens with one attached hydrogen (secondary N) is 1. The van der Waals surface area contributed by atoms with Crippen LogP contribution in [-0.2, 0) is 9.59 Å². The number of carbonyl (C=O) groups excluding carboxylic acids is 2. The highest BCUT2D eigenvalue weighted by Gasteiger charge is 2.67. The molecule has 3 saturated carbocycles. The maximum atomic E-state index is 13.6. The molecule has 4 aliphatic rings. The predicted octanol–water partition coefficient (Wildman–Crippen LogP) is 3.02. The van der Waals surface area contributed by atoms with E-state index in [0.29, 0.717) is 29.0 Å². The van der Waals surface area contributed by atoms with E-state index in [-0.39, 0.29) is 40.5 Å². The first kappa shape index (κ1) is 23.1. The van der Waals surface area contributed by atoms with Gasteiger partial charge in [-0.3, -0.25) is 9.59 Å². The summed E-state index contributed by atoms with van der Waals surface area (Å²) in [5, 5.41) is 24.0. The van der Waals surface area contributed by atoms with E-state index in [1.807, 2.05) is 13.0 Å². The molecular formula is C26H30N4O4S. The number of hydrogen-bond acceptors (Lipinski definition) is 8. The second kappa shape index (κ2) is 7.82. The van der Waals surface area contributed by atoms with E-state index in [0.717, 1.165) is 24.8 Å². The van der Waals surface area contributed by atoms with Gasteiger partial charge in [0, 0.05) is 16.7 Å². The van der Waals surface area contributed by atoms with Crippen molar-refractivity contribution in [2.75, 3.05) is 5.75 Å². The number of aromatic amines is 1. The van der Waals surface area contributed by atoms with E-state index in [4.69, 9.17) is 0 Å². The Morgan fingerprint density at radius 3 is 2.91 bits per heavy atom. The molecule has 0 aromatic carbocycles. The van der Waals surface area contributed by atoms with Crippen molar-refractivity contribution in [1.29, 1.82) is 0 Å². The van der Waals surface area contributed by atoms with E-state index >= 15 is 0 Å². The Hall–Kier alpha value is -2.36. The lowest BCUT2D eigenvalue weighted by atomic mass is 9.46. The number of aliphatic hydroxyl groups excluding tert-OH is 1. The van der Waals surface area contributed by atoms with Crippen LogP contribution in [0.1, 0.15) is 46.0 Å². The van der Waals surface area contributed by atoms with Gasteiger partial charge in [0.15, 0.2) is 17.2 Å². The molecule has 0 amide bonds. The van der Waals surface area contributed by atoms with Crippen LogP contribution in [0.3, 0.4) is 0 Å². The Bertz CT molecular complexity index is 1290. The predicted molar refractivity (Wildman–Crippen MR) is 130 cm³/mol. The van der Waals surface area contributed by atoms with Gasteiger partial charge in [-0.25, -0.2) is 15.0 Å². The van der Waals surface area contributed by atoms with Gasteiger partial charge in [-0.05, 0) is 56.1 Å². The van der Waals surface area contributed by atoms with Crippen LogP contribution in [0, 0.1) is 28.6 Å². The molecule has 0 aliphatic heterocycles. The number of imidazole rings is 1. The molecule has 4 aliphatic carbocycles. The van der Waals surface area contributed by atoms with E-state index < -0.39 is 17.1 Å². The molecule has 0 saturated heterocycles. The third kappa shape index (κ3) is 3.17. The Kier molecular flexibility index (Phi) is 5.15. The number of nitrogens with zero attached hydrogens (tertiary/aromatic N) is 3. The molecule has 184 valence electrons. The summed E-state index contributed by atoms with van der Waals surface area (Å²) in [6.45, 7) is 4.13. The Labute approximate surface area is 207 Å². The third-order valence-corrected chi connectivity index (χ3v) is 10.6. The number of Topliss-reactive ketones (excluding diaryl/α,β-unsaturated/α-hetero) is 1. The number of fused-ring (bicyclic) bond motifs is 6. The lowest BCUT2D eigenvalue weighted by molar-refractivity contribution is -0.174. The summed E-state index contributed by atoms with van der Waals surface area (Å²) in [6, 6.07) is 0. The van der Waals surface area contributed by atoms with Crippen LogP contribution in [0.2, 0.25) is 0 Å². The van der Waals surface area contributed by atoms with Crippen LogP contribution in [0.15, 0.2) is 41.5 Å². The molecule has 8 nitrogen and oxygen atoms in total. The zero-order chi connectivity index (χ0) is 24.6. The van der Waals surface area contributed by atoms with Crippen LogP contribution >= 0.6 is 11.8 Å². The van der Waals surface area contributed by atoms with Crippen molar-refractivity contribution < 1.29 is 19.8 Å². The Morgan fingerprint density at radius 1 is 1.26 bits per heavy atom. The van der Waals surface area contributed by atoms with Gasteiger partial charge in [0.05, 0.1) is 18.2 Å². The first-order valence-corrected chi connectivity index (χ1v) is 13.3. The second-order valence-electron chi connectivity index (χ2n) is 11.1. The molecule has 0 unspecified atom stereocenters. The fraction of sp³-hybridized carbons (Fsp3) is 0.577. The number of hydrogen-bond donors (Lipinski definition) is 3. The summed E-state index contributed by atoms with van der Waals surface area (Å²) in [5.74, 6) is 0.188. The van der Waals surface area contributed by atoms with Gasteiger partial charge in [-0.1, -0.05) is 37.3 Å². The molecule has 0 bridgehead atoms. The topological polar surface area (TPSA) is 129 Å². The molecular weight excluding hydrogens is 464 g/mol. The molecule has 35 heavy (non-hydrogen) atoms. The van der Waals surface area contributed by atoms with Crippen LogP contribution in [0.25, 0.3) is 11.2 Å². The molecule has 2 heterocycles. The molecule has 2 aromatic rings. The summed E-state index contributed by atoms with van der Waals surface area (Å²) in [7, 11) is 0. The summed E-state index contributed by atoms with van der Waals surface area (Å²) in [5.41, 5.74) is -0.231. The summed E-state index contributed by atoms with van der Waals surface area (Å²) in [6.07, 6.45) is 10.9. The zero-order valence-corrected chi connectivity index (χ0v) is 20.7. The van der Waals surface area contributed by atoms with Crippen LogP contribution in [-0.4, -0.2) is 59.2 Å². The van der Waals surface area contributed by atoms with Crippen molar-refractivity contribution in [2.24, 2.45) is 28.6 Å². The minimum absolute atomic E-state index is 0.0143. The molecule has 2 aromatic heterocycles. The zero-order valence-electron chi connectivity index (χ0n) is 19.9. The van der Waals surface area contributed by atoms with Crippen molar-refractivity contribution in [2.45, 2.75) is 62.7 Å². The van der Waals surface area contributed by atoms with E-state index in [1.165, 1.54) is 18.1 Å². The standard InChI is InChI=1S/C26H30N4O4S/c1-24-7-5-15(31)9-14(24)3-4-16-17-6-8-26(34,25(17,2)10-18(32)20(16)24)19(33)11-35-23-21-22(28-12-27-21)29-13-30-23/h5,7,9,12-13,16-18,20,32,34H,3-4,6,8,10-11H2,1-2H3,(H,27,28,29,30)/t16-,17-,18-,20+,24-,25-,26-/m0/s1. The highest BCUT2D eigenvalue weighted by molar-refractivity contribution is 8.00. The van der Waals surface area contributed by atoms with Crippen molar-refractivity contribution in [3.63, 3.8) is 0 Å². The fourth-order valence-corrected chi connectivity index (χ4v) is 8.82. The maximum absolute atomic E-state index is 13.6. The summed E-state index contributed by atoms with van der Waals surface area (Å²) < 4.78 is 0. The second-order valence-corrected chi connectivity index (χ2v) is 12.1. The molecule has 7 atom stereocenters. The number of carbonyl (C=O) groups is 2. The van der Waals surface area contributed by atoms with Gasteiger partial charge in [-0.2, -0.15) is 0 Å². The Balaban J connectivity index is 1.26. The average molecular weight is 495 g/mol. The van der Waals surface area contributed by atoms with Crippen LogP contribution in [0.5, 0.6) is 0 Å². The average Bonchev–Trinajstić information content (AvgIpc) is 3.41. The fourth-order valence-electron chi connectivity index (χ4n) is 7.89. The third-order valence-electron chi connectivity index (χ3n) is 9.64. The Morgan fingerprint density at radius 2 is 2.09 bits per heavy atom. The first-order valence-electron chi connectivity index (χ1n) is 12.3. The molecule has 0 radical (unpaired) electrons. The van der Waals surface area contributed by atoms with Crippen molar-refractivity contribution >= 4 is 34.5 Å². The molecule has 3 fully saturated rings. The van der Waals surface area contributed by atoms with Gasteiger partial charge in [0.2, 0.25) is 0 Å². The quantitative estimate of drug-likeness (QED) is 0.437. The number of aliphatic hydroxyl groups is 2. The number of allylic oxidation sites excluding steroid dienone is 4. The lowest BCUT2D eigenvalue weighted by Gasteiger charge is -2.59. The van der Waals surface area contributed by atoms with Gasteiger partial charge in [0.1, 0.15) is 22.5 Å². The number of ketones is 2. The van der Waals surface area contributed by atoms with Gasteiger partial charge in [0.25, 0.3) is 0 Å². The smallest absolute Gasteiger partial charge is 0.181 e. The molecule has 6 rings (SSSR count). The van der Waals surface area contributed by atoms with E-state index in [2.05, 4.69) is 26.9 Å². The van der Waals surface area contributed by atoms with Gasteiger partial charge in [-0.15, -0.1) is 0 Å². The summed E-state index contributed by atoms with van der Waals surface area (Å²) in [4.78, 5) is 41.1. The minimum atomic E-state index is -1.49. The van der Waals surface area contributed by atoms with Crippen molar-refractivity contribution in [1.82, 2.24) is 19.9 Å². The number of aromatic nitrogens is 4. The van der Waals surface area contributed by atoms with Gasteiger partial charge < -0.3 is 15.2 Å². The van der Waals surface area contributed by atoms with E-state index in [9.17, 15) is 19.8 Å². The van der Waals surface area contributed by atoms with Crippen LogP contribution < -0.4 is 0 Å². The first-order chi connectivity index (χ1) is 16.7. The molecule has 3 N–H and O–H groups in total. The number of rotatable bonds is 4. The monoisotopic (exact) mass is 494 g/mol. The normalized spacial score (nSPS) is 40.2. The largest absolute Gasteiger partial charge is 0.393 e. The van der Waals surface area contributed by atoms with Crippen molar-refractivity contribution in [3.05, 3.63) is 36.5 Å². The lowest BCUT2D eigenvalue weighted by Crippen LogP contribution is -2.61. The van der Waals surface area contributed by atoms with Crippen molar-refractivity contribution in [3.8, 4) is 0 Å². The number of thioether (sulfide) groups is 1. The SMILES string of the molecule is C[C@]12C=CC(=O)C=C1CC[C@@H]1[C@@H]2[C@@H](O)C[C@@]2(C)[C@H]1CC[C@]2(O)C(=O)CSc1ncnc2nc[nH]c12. The highest BCUT2D eigenvalue weighted by Crippen LogP contribution is 2.67. The van der Waals surface area contributed by atoms with Gasteiger partial charge >= 0.3 is 0 Å². The molecule has 0 spiro atoms. The molecule has 9 heteroatoms. The maximum Gasteiger partial charge on any atom is 0.181 e. The minimum Gasteiger partial charge on any atom is -0.393 e. The van der Waals surface area contributed by atoms with Crippen LogP contribution in [0.4, 0.5) is 0 Å².